The van der Waals surface area contributed by atoms with Crippen LogP contribution in [-0.2, 0) is 13.6 Å². The van der Waals surface area contributed by atoms with Gasteiger partial charge in [-0.15, -0.1) is 10.2 Å². The highest BCUT2D eigenvalue weighted by molar-refractivity contribution is 9.10. The van der Waals surface area contributed by atoms with Crippen molar-refractivity contribution in [3.8, 4) is 11.4 Å². The molecule has 0 fully saturated rings. The topological polar surface area (TPSA) is 90.0 Å². The molecule has 0 unspecified atom stereocenters. The van der Waals surface area contributed by atoms with E-state index in [9.17, 15) is 9.59 Å². The molecule has 1 N–H and O–H groups in total. The fourth-order valence-corrected chi connectivity index (χ4v) is 3.33. The van der Waals surface area contributed by atoms with Crippen LogP contribution in [0.3, 0.4) is 0 Å². The van der Waals surface area contributed by atoms with Crippen LogP contribution in [-0.4, -0.2) is 28.7 Å². The standard InChI is InChI=1S/C16H15BrN6O2/c1-3-8-22-11-13(24)18-16(25)21(2)14(11)23-12(19-20-15(22)23)9-4-6-10(17)7-5-9/h4-7H,3,8H2,1-2H3,(H,18,24,25). The van der Waals surface area contributed by atoms with E-state index in [4.69, 9.17) is 0 Å². The zero-order valence-electron chi connectivity index (χ0n) is 13.7. The molecule has 4 aromatic rings. The van der Waals surface area contributed by atoms with E-state index in [1.807, 2.05) is 35.8 Å². The van der Waals surface area contributed by atoms with Gasteiger partial charge in [0.15, 0.2) is 17.0 Å². The minimum Gasteiger partial charge on any atom is -0.302 e. The zero-order valence-corrected chi connectivity index (χ0v) is 15.2. The number of aromatic amines is 1. The van der Waals surface area contributed by atoms with Gasteiger partial charge in [-0.3, -0.25) is 14.3 Å². The zero-order chi connectivity index (χ0) is 17.7. The molecule has 0 spiro atoms. The molecule has 9 heteroatoms. The molecule has 0 bridgehead atoms. The van der Waals surface area contributed by atoms with Crippen LogP contribution in [0, 0.1) is 0 Å². The molecule has 0 amide bonds. The molecular formula is C16H15BrN6O2. The number of imidazole rings is 1. The van der Waals surface area contributed by atoms with Gasteiger partial charge in [-0.25, -0.2) is 9.20 Å². The summed E-state index contributed by atoms with van der Waals surface area (Å²) in [5.41, 5.74) is 0.869. The molecule has 3 heterocycles. The van der Waals surface area contributed by atoms with E-state index in [2.05, 4.69) is 31.1 Å². The molecule has 0 aliphatic heterocycles. The highest BCUT2D eigenvalue weighted by Crippen LogP contribution is 2.25. The Morgan fingerprint density at radius 1 is 1.16 bits per heavy atom. The Morgan fingerprint density at radius 3 is 2.56 bits per heavy atom. The van der Waals surface area contributed by atoms with Crippen molar-refractivity contribution < 1.29 is 0 Å². The Labute approximate surface area is 149 Å². The number of H-pyrrole nitrogens is 1. The number of hydrogen-bond donors (Lipinski definition) is 1. The van der Waals surface area contributed by atoms with Crippen LogP contribution in [0.25, 0.3) is 28.3 Å². The van der Waals surface area contributed by atoms with Crippen LogP contribution < -0.4 is 11.2 Å². The van der Waals surface area contributed by atoms with Crippen molar-refractivity contribution in [2.24, 2.45) is 7.05 Å². The summed E-state index contributed by atoms with van der Waals surface area (Å²) in [5.74, 6) is 1.13. The second-order valence-electron chi connectivity index (χ2n) is 5.81. The van der Waals surface area contributed by atoms with Crippen molar-refractivity contribution >= 4 is 32.9 Å². The van der Waals surface area contributed by atoms with E-state index in [0.717, 1.165) is 16.5 Å². The van der Waals surface area contributed by atoms with Gasteiger partial charge in [0.25, 0.3) is 5.56 Å². The molecule has 128 valence electrons. The molecule has 8 nitrogen and oxygen atoms in total. The summed E-state index contributed by atoms with van der Waals surface area (Å²) in [6, 6.07) is 7.64. The molecule has 0 aliphatic carbocycles. The summed E-state index contributed by atoms with van der Waals surface area (Å²) in [6.07, 6.45) is 0.822. The van der Waals surface area contributed by atoms with Gasteiger partial charge >= 0.3 is 5.69 Å². The maximum absolute atomic E-state index is 12.5. The number of aryl methyl sites for hydroxylation is 2. The summed E-state index contributed by atoms with van der Waals surface area (Å²) >= 11 is 3.42. The predicted octanol–water partition coefficient (Wildman–Crippen LogP) is 1.91. The van der Waals surface area contributed by atoms with Crippen molar-refractivity contribution in [2.75, 3.05) is 0 Å². The quantitative estimate of drug-likeness (QED) is 0.566. The first-order valence-electron chi connectivity index (χ1n) is 7.85. The number of nitrogens with one attached hydrogen (secondary N) is 1. The maximum atomic E-state index is 12.5. The molecule has 1 aromatic carbocycles. The van der Waals surface area contributed by atoms with E-state index < -0.39 is 11.2 Å². The van der Waals surface area contributed by atoms with Crippen LogP contribution in [0.15, 0.2) is 38.3 Å². The number of aromatic nitrogens is 6. The van der Waals surface area contributed by atoms with Gasteiger partial charge in [-0.2, -0.15) is 0 Å². The molecule has 0 aliphatic rings. The van der Waals surface area contributed by atoms with Crippen LogP contribution in [0.5, 0.6) is 0 Å². The van der Waals surface area contributed by atoms with E-state index in [1.165, 1.54) is 4.57 Å². The maximum Gasteiger partial charge on any atom is 0.329 e. The predicted molar refractivity (Wildman–Crippen MR) is 97.8 cm³/mol. The molecule has 25 heavy (non-hydrogen) atoms. The van der Waals surface area contributed by atoms with E-state index in [0.29, 0.717) is 29.3 Å². The summed E-state index contributed by atoms with van der Waals surface area (Å²) in [6.45, 7) is 2.62. The summed E-state index contributed by atoms with van der Waals surface area (Å²) < 4.78 is 5.95. The number of rotatable bonds is 3. The monoisotopic (exact) mass is 402 g/mol. The third-order valence-electron chi connectivity index (χ3n) is 4.19. The average Bonchev–Trinajstić information content (AvgIpc) is 3.13. The highest BCUT2D eigenvalue weighted by atomic mass is 79.9. The summed E-state index contributed by atoms with van der Waals surface area (Å²) in [4.78, 5) is 26.9. The van der Waals surface area contributed by atoms with Gasteiger partial charge < -0.3 is 4.57 Å². The highest BCUT2D eigenvalue weighted by Gasteiger charge is 2.22. The van der Waals surface area contributed by atoms with E-state index >= 15 is 0 Å². The van der Waals surface area contributed by atoms with Crippen molar-refractivity contribution in [3.63, 3.8) is 0 Å². The Kier molecular flexibility index (Phi) is 3.60. The molecule has 4 rings (SSSR count). The fraction of sp³-hybridized carbons (Fsp3) is 0.250. The minimum atomic E-state index is -0.469. The third kappa shape index (κ3) is 2.26. The number of nitrogens with zero attached hydrogens (tertiary/aromatic N) is 5. The van der Waals surface area contributed by atoms with Crippen molar-refractivity contribution in [2.45, 2.75) is 19.9 Å². The Hall–Kier alpha value is -2.68. The van der Waals surface area contributed by atoms with Gasteiger partial charge in [0.1, 0.15) is 0 Å². The lowest BCUT2D eigenvalue weighted by Crippen LogP contribution is -2.29. The van der Waals surface area contributed by atoms with Crippen molar-refractivity contribution in [1.82, 2.24) is 28.7 Å². The number of benzene rings is 1. The molecule has 0 atom stereocenters. The summed E-state index contributed by atoms with van der Waals surface area (Å²) in [7, 11) is 1.63. The Morgan fingerprint density at radius 2 is 1.88 bits per heavy atom. The van der Waals surface area contributed by atoms with Crippen LogP contribution in [0.2, 0.25) is 0 Å². The SMILES string of the molecule is CCCn1c2c(=O)[nH]c(=O)n(C)c2n2c(-c3ccc(Br)cc3)nnc12. The first kappa shape index (κ1) is 15.8. The van der Waals surface area contributed by atoms with Crippen molar-refractivity contribution in [1.29, 1.82) is 0 Å². The average molecular weight is 403 g/mol. The van der Waals surface area contributed by atoms with Gasteiger partial charge in [-0.05, 0) is 18.6 Å². The number of halogens is 1. The van der Waals surface area contributed by atoms with Gasteiger partial charge in [0.05, 0.1) is 0 Å². The van der Waals surface area contributed by atoms with Gasteiger partial charge in [0, 0.05) is 23.6 Å². The normalized spacial score (nSPS) is 11.6. The second-order valence-corrected chi connectivity index (χ2v) is 6.72. The Bertz CT molecular complexity index is 1210. The molecule has 3 aromatic heterocycles. The molecular weight excluding hydrogens is 388 g/mol. The van der Waals surface area contributed by atoms with Crippen LogP contribution in [0.1, 0.15) is 13.3 Å². The molecule has 0 radical (unpaired) electrons. The first-order chi connectivity index (χ1) is 12.0. The third-order valence-corrected chi connectivity index (χ3v) is 4.72. The van der Waals surface area contributed by atoms with Crippen LogP contribution in [0.4, 0.5) is 0 Å². The number of hydrogen-bond acceptors (Lipinski definition) is 4. The lowest BCUT2D eigenvalue weighted by Gasteiger charge is -2.03. The van der Waals surface area contributed by atoms with Crippen molar-refractivity contribution in [3.05, 3.63) is 49.6 Å². The molecule has 0 saturated carbocycles. The lowest BCUT2D eigenvalue weighted by molar-refractivity contribution is 0.706. The smallest absolute Gasteiger partial charge is 0.302 e. The molecule has 0 saturated heterocycles. The Balaban J connectivity index is 2.20. The number of fused-ring (bicyclic) bond motifs is 3. The largest absolute Gasteiger partial charge is 0.329 e. The van der Waals surface area contributed by atoms with E-state index in [-0.39, 0.29) is 0 Å². The van der Waals surface area contributed by atoms with E-state index in [1.54, 1.807) is 11.4 Å². The van der Waals surface area contributed by atoms with Gasteiger partial charge in [-0.1, -0.05) is 35.0 Å². The second kappa shape index (κ2) is 5.69. The van der Waals surface area contributed by atoms with Crippen LogP contribution >= 0.6 is 15.9 Å². The summed E-state index contributed by atoms with van der Waals surface area (Å²) in [5, 5.41) is 8.58. The first-order valence-corrected chi connectivity index (χ1v) is 8.64. The lowest BCUT2D eigenvalue weighted by atomic mass is 10.2. The minimum absolute atomic E-state index is 0.418. The fourth-order valence-electron chi connectivity index (χ4n) is 3.06. The van der Waals surface area contributed by atoms with Gasteiger partial charge in [0.2, 0.25) is 5.78 Å².